The third-order valence-electron chi connectivity index (χ3n) is 3.38. The average Bonchev–Trinajstić information content (AvgIpc) is 2.82. The molecule has 1 N–H and O–H groups in total. The van der Waals surface area contributed by atoms with Gasteiger partial charge in [-0.3, -0.25) is 0 Å². The maximum atomic E-state index is 9.95. The van der Waals surface area contributed by atoms with Gasteiger partial charge in [0.2, 0.25) is 0 Å². The summed E-state index contributed by atoms with van der Waals surface area (Å²) in [5.41, 5.74) is 2.86. The summed E-state index contributed by atoms with van der Waals surface area (Å²) in [5.74, 6) is 0.641. The highest BCUT2D eigenvalue weighted by Gasteiger charge is 2.15. The summed E-state index contributed by atoms with van der Waals surface area (Å²) < 4.78 is 2.00. The van der Waals surface area contributed by atoms with E-state index in [1.165, 1.54) is 0 Å². The van der Waals surface area contributed by atoms with Gasteiger partial charge in [0.1, 0.15) is 11.9 Å². The zero-order chi connectivity index (χ0) is 15.0. The Balaban J connectivity index is 2.10. The Morgan fingerprint density at radius 3 is 2.62 bits per heavy atom. The first-order valence-corrected chi connectivity index (χ1v) is 7.39. The summed E-state index contributed by atoms with van der Waals surface area (Å²) in [7, 11) is 0. The minimum atomic E-state index is -0.639. The van der Waals surface area contributed by atoms with Crippen LogP contribution in [0.15, 0.2) is 42.5 Å². The number of fused-ring (bicyclic) bond motifs is 1. The van der Waals surface area contributed by atoms with Gasteiger partial charge >= 0.3 is 0 Å². The van der Waals surface area contributed by atoms with E-state index in [9.17, 15) is 5.11 Å². The Morgan fingerprint density at radius 1 is 1.14 bits per heavy atom. The number of hydrogen-bond donors (Lipinski definition) is 1. The lowest BCUT2D eigenvalue weighted by Crippen LogP contribution is -2.08. The van der Waals surface area contributed by atoms with E-state index in [0.717, 1.165) is 16.6 Å². The van der Waals surface area contributed by atoms with Crippen LogP contribution in [-0.4, -0.2) is 14.7 Å². The van der Waals surface area contributed by atoms with Gasteiger partial charge in [0, 0.05) is 6.54 Å². The average molecular weight is 321 g/mol. The largest absolute Gasteiger partial charge is 0.385 e. The first-order chi connectivity index (χ1) is 10.1. The quantitative estimate of drug-likeness (QED) is 0.774. The molecule has 108 valence electrons. The lowest BCUT2D eigenvalue weighted by Gasteiger charge is -2.11. The van der Waals surface area contributed by atoms with Crippen molar-refractivity contribution in [2.75, 3.05) is 0 Å². The molecular weight excluding hydrogens is 307 g/mol. The van der Waals surface area contributed by atoms with Crippen molar-refractivity contribution in [2.45, 2.75) is 19.6 Å². The molecule has 3 nitrogen and oxygen atoms in total. The molecule has 21 heavy (non-hydrogen) atoms. The number of imidazole rings is 1. The van der Waals surface area contributed by atoms with Crippen molar-refractivity contribution in [3.63, 3.8) is 0 Å². The van der Waals surface area contributed by atoms with E-state index in [-0.39, 0.29) is 0 Å². The number of aromatic nitrogens is 2. The second-order valence-corrected chi connectivity index (χ2v) is 5.78. The van der Waals surface area contributed by atoms with Crippen molar-refractivity contribution in [1.82, 2.24) is 9.55 Å². The third kappa shape index (κ3) is 2.77. The van der Waals surface area contributed by atoms with Gasteiger partial charge in [-0.25, -0.2) is 4.98 Å². The molecule has 0 spiro atoms. The monoisotopic (exact) mass is 320 g/mol. The molecule has 0 aliphatic rings. The van der Waals surface area contributed by atoms with Gasteiger partial charge < -0.3 is 9.67 Å². The van der Waals surface area contributed by atoms with Crippen molar-refractivity contribution in [3.05, 3.63) is 63.9 Å². The van der Waals surface area contributed by atoms with Crippen LogP contribution in [0.3, 0.4) is 0 Å². The van der Waals surface area contributed by atoms with Crippen LogP contribution in [0, 0.1) is 0 Å². The Labute approximate surface area is 132 Å². The van der Waals surface area contributed by atoms with Crippen LogP contribution < -0.4 is 0 Å². The minimum absolute atomic E-state index is 0.525. The fourth-order valence-corrected chi connectivity index (χ4v) is 2.72. The number of benzene rings is 2. The number of halogens is 2. The van der Waals surface area contributed by atoms with Crippen LogP contribution in [0.5, 0.6) is 0 Å². The molecule has 1 heterocycles. The zero-order valence-electron chi connectivity index (χ0n) is 11.4. The number of aliphatic hydroxyl groups excluding tert-OH is 1. The molecule has 3 rings (SSSR count). The van der Waals surface area contributed by atoms with Crippen molar-refractivity contribution < 1.29 is 5.11 Å². The molecule has 0 saturated carbocycles. The van der Waals surface area contributed by atoms with E-state index >= 15 is 0 Å². The fourth-order valence-electron chi connectivity index (χ4n) is 2.40. The van der Waals surface area contributed by atoms with Gasteiger partial charge in [-0.1, -0.05) is 41.4 Å². The number of aliphatic hydroxyl groups is 1. The summed E-state index contributed by atoms with van der Waals surface area (Å²) >= 11 is 12.0. The summed E-state index contributed by atoms with van der Waals surface area (Å²) in [6, 6.07) is 13.4. The summed E-state index contributed by atoms with van der Waals surface area (Å²) in [6.45, 7) is 2.30. The first kappa shape index (κ1) is 14.4. The molecule has 0 fully saturated rings. The predicted octanol–water partition coefficient (Wildman–Crippen LogP) is 4.44. The van der Waals surface area contributed by atoms with Gasteiger partial charge in [0.05, 0.1) is 21.1 Å². The molecule has 0 amide bonds. The van der Waals surface area contributed by atoms with Gasteiger partial charge in [0.15, 0.2) is 0 Å². The standard InChI is InChI=1S/C16H14Cl2N2O/c1-10(21)16-19-14-4-2-3-5-15(14)20(16)9-11-6-7-12(17)13(18)8-11/h2-8,10,21H,9H2,1H3. The summed E-state index contributed by atoms with van der Waals surface area (Å²) in [6.07, 6.45) is -0.639. The van der Waals surface area contributed by atoms with Crippen molar-refractivity contribution in [3.8, 4) is 0 Å². The van der Waals surface area contributed by atoms with E-state index in [4.69, 9.17) is 23.2 Å². The highest BCUT2D eigenvalue weighted by molar-refractivity contribution is 6.42. The lowest BCUT2D eigenvalue weighted by molar-refractivity contribution is 0.185. The Morgan fingerprint density at radius 2 is 1.90 bits per heavy atom. The lowest BCUT2D eigenvalue weighted by atomic mass is 10.2. The molecule has 1 unspecified atom stereocenters. The normalized spacial score (nSPS) is 12.8. The molecular formula is C16H14Cl2N2O. The SMILES string of the molecule is CC(O)c1nc2ccccc2n1Cc1ccc(Cl)c(Cl)c1. The highest BCUT2D eigenvalue weighted by atomic mass is 35.5. The first-order valence-electron chi connectivity index (χ1n) is 6.63. The van der Waals surface area contributed by atoms with Crippen LogP contribution in [0.25, 0.3) is 11.0 Å². The summed E-state index contributed by atoms with van der Waals surface area (Å²) in [5, 5.41) is 11.0. The maximum absolute atomic E-state index is 9.95. The third-order valence-corrected chi connectivity index (χ3v) is 4.12. The van der Waals surface area contributed by atoms with Crippen LogP contribution >= 0.6 is 23.2 Å². The highest BCUT2D eigenvalue weighted by Crippen LogP contribution is 2.26. The molecule has 5 heteroatoms. The van der Waals surface area contributed by atoms with Crippen molar-refractivity contribution >= 4 is 34.2 Å². The molecule has 1 atom stereocenters. The molecule has 1 aromatic heterocycles. The van der Waals surface area contributed by atoms with Crippen LogP contribution in [0.1, 0.15) is 24.4 Å². The Bertz CT molecular complexity index is 796. The number of hydrogen-bond acceptors (Lipinski definition) is 2. The Kier molecular flexibility index (Phi) is 3.89. The van der Waals surface area contributed by atoms with Crippen molar-refractivity contribution in [1.29, 1.82) is 0 Å². The van der Waals surface area contributed by atoms with E-state index in [1.807, 2.05) is 41.0 Å². The van der Waals surface area contributed by atoms with Gasteiger partial charge in [-0.05, 0) is 36.8 Å². The Hall–Kier alpha value is -1.55. The van der Waals surface area contributed by atoms with Gasteiger partial charge in [0.25, 0.3) is 0 Å². The van der Waals surface area contributed by atoms with Gasteiger partial charge in [-0.15, -0.1) is 0 Å². The number of nitrogens with zero attached hydrogens (tertiary/aromatic N) is 2. The second kappa shape index (κ2) is 5.68. The van der Waals surface area contributed by atoms with Gasteiger partial charge in [-0.2, -0.15) is 0 Å². The van der Waals surface area contributed by atoms with E-state index in [0.29, 0.717) is 22.4 Å². The molecule has 0 radical (unpaired) electrons. The second-order valence-electron chi connectivity index (χ2n) is 4.97. The van der Waals surface area contributed by atoms with Crippen molar-refractivity contribution in [2.24, 2.45) is 0 Å². The molecule has 0 bridgehead atoms. The molecule has 3 aromatic rings. The zero-order valence-corrected chi connectivity index (χ0v) is 12.9. The summed E-state index contributed by atoms with van der Waals surface area (Å²) in [4.78, 5) is 4.50. The van der Waals surface area contributed by atoms with E-state index in [1.54, 1.807) is 13.0 Å². The number of rotatable bonds is 3. The molecule has 0 aliphatic carbocycles. The smallest absolute Gasteiger partial charge is 0.138 e. The maximum Gasteiger partial charge on any atom is 0.138 e. The molecule has 0 saturated heterocycles. The predicted molar refractivity (Wildman–Crippen MR) is 85.9 cm³/mol. The number of para-hydroxylation sites is 2. The van der Waals surface area contributed by atoms with Crippen LogP contribution in [-0.2, 0) is 6.54 Å². The molecule has 2 aromatic carbocycles. The molecule has 0 aliphatic heterocycles. The topological polar surface area (TPSA) is 38.1 Å². The fraction of sp³-hybridized carbons (Fsp3) is 0.188. The minimum Gasteiger partial charge on any atom is -0.385 e. The van der Waals surface area contributed by atoms with Crippen LogP contribution in [0.2, 0.25) is 10.0 Å². The van der Waals surface area contributed by atoms with E-state index in [2.05, 4.69) is 4.98 Å². The van der Waals surface area contributed by atoms with E-state index < -0.39 is 6.10 Å². The van der Waals surface area contributed by atoms with Crippen LogP contribution in [0.4, 0.5) is 0 Å².